The summed E-state index contributed by atoms with van der Waals surface area (Å²) >= 11 is 0. The Kier molecular flexibility index (Phi) is 1.85. The SMILES string of the molecule is CC(C)c1cncc2c1COC2. The highest BCUT2D eigenvalue weighted by molar-refractivity contribution is 5.34. The molecule has 1 aliphatic heterocycles. The van der Waals surface area contributed by atoms with E-state index in [0.29, 0.717) is 5.92 Å². The van der Waals surface area contributed by atoms with Gasteiger partial charge in [0.15, 0.2) is 0 Å². The summed E-state index contributed by atoms with van der Waals surface area (Å²) in [5, 5.41) is 0. The highest BCUT2D eigenvalue weighted by Crippen LogP contribution is 2.26. The normalized spacial score (nSPS) is 15.2. The van der Waals surface area contributed by atoms with Crippen LogP contribution in [0.1, 0.15) is 36.5 Å². The average Bonchev–Trinajstić information content (AvgIpc) is 2.49. The van der Waals surface area contributed by atoms with Gasteiger partial charge in [0.2, 0.25) is 0 Å². The third kappa shape index (κ3) is 1.12. The molecule has 0 saturated carbocycles. The first-order chi connectivity index (χ1) is 5.79. The molecule has 0 spiro atoms. The standard InChI is InChI=1S/C10H13NO/c1-7(2)9-4-11-3-8-5-12-6-10(8)9/h3-4,7H,5-6H2,1-2H3. The van der Waals surface area contributed by atoms with Crippen LogP contribution in [0, 0.1) is 0 Å². The second-order valence-electron chi connectivity index (χ2n) is 3.51. The molecule has 1 aromatic rings. The zero-order chi connectivity index (χ0) is 8.55. The van der Waals surface area contributed by atoms with Gasteiger partial charge in [0.05, 0.1) is 13.2 Å². The van der Waals surface area contributed by atoms with Crippen LogP contribution in [0.25, 0.3) is 0 Å². The highest BCUT2D eigenvalue weighted by atomic mass is 16.5. The van der Waals surface area contributed by atoms with Gasteiger partial charge in [0.1, 0.15) is 0 Å². The summed E-state index contributed by atoms with van der Waals surface area (Å²) in [5.74, 6) is 0.550. The number of pyridine rings is 1. The van der Waals surface area contributed by atoms with E-state index in [4.69, 9.17) is 4.74 Å². The lowest BCUT2D eigenvalue weighted by Gasteiger charge is -2.08. The predicted molar refractivity (Wildman–Crippen MR) is 46.8 cm³/mol. The van der Waals surface area contributed by atoms with Crippen LogP contribution in [-0.2, 0) is 18.0 Å². The van der Waals surface area contributed by atoms with E-state index in [2.05, 4.69) is 18.8 Å². The minimum atomic E-state index is 0.550. The van der Waals surface area contributed by atoms with E-state index >= 15 is 0 Å². The molecule has 2 rings (SSSR count). The lowest BCUT2D eigenvalue weighted by atomic mass is 9.98. The topological polar surface area (TPSA) is 22.1 Å². The lowest BCUT2D eigenvalue weighted by molar-refractivity contribution is 0.134. The quantitative estimate of drug-likeness (QED) is 0.633. The van der Waals surface area contributed by atoms with Crippen molar-refractivity contribution >= 4 is 0 Å². The third-order valence-corrected chi connectivity index (χ3v) is 2.31. The monoisotopic (exact) mass is 163 g/mol. The molecule has 1 aliphatic rings. The summed E-state index contributed by atoms with van der Waals surface area (Å²) in [7, 11) is 0. The summed E-state index contributed by atoms with van der Waals surface area (Å²) in [6.07, 6.45) is 3.87. The molecule has 0 radical (unpaired) electrons. The van der Waals surface area contributed by atoms with Gasteiger partial charge in [-0.25, -0.2) is 0 Å². The van der Waals surface area contributed by atoms with Crippen LogP contribution in [0.15, 0.2) is 12.4 Å². The first kappa shape index (κ1) is 7.74. The fourth-order valence-corrected chi connectivity index (χ4v) is 1.61. The molecule has 0 aliphatic carbocycles. The molecule has 0 fully saturated rings. The van der Waals surface area contributed by atoms with Crippen molar-refractivity contribution in [2.45, 2.75) is 33.0 Å². The molecular formula is C10H13NO. The van der Waals surface area contributed by atoms with Crippen LogP contribution in [0.5, 0.6) is 0 Å². The van der Waals surface area contributed by atoms with E-state index in [1.54, 1.807) is 0 Å². The van der Waals surface area contributed by atoms with Crippen LogP contribution in [0.3, 0.4) is 0 Å². The van der Waals surface area contributed by atoms with Gasteiger partial charge in [-0.3, -0.25) is 4.98 Å². The van der Waals surface area contributed by atoms with Crippen molar-refractivity contribution < 1.29 is 4.74 Å². The molecular weight excluding hydrogens is 150 g/mol. The number of hydrogen-bond donors (Lipinski definition) is 0. The Balaban J connectivity index is 2.49. The van der Waals surface area contributed by atoms with Crippen molar-refractivity contribution in [1.29, 1.82) is 0 Å². The molecule has 12 heavy (non-hydrogen) atoms. The van der Waals surface area contributed by atoms with Gasteiger partial charge in [-0.2, -0.15) is 0 Å². The zero-order valence-corrected chi connectivity index (χ0v) is 7.50. The van der Waals surface area contributed by atoms with Crippen molar-refractivity contribution in [3.8, 4) is 0 Å². The second-order valence-corrected chi connectivity index (χ2v) is 3.51. The molecule has 2 nitrogen and oxygen atoms in total. The Morgan fingerprint density at radius 2 is 2.17 bits per heavy atom. The molecule has 0 bridgehead atoms. The smallest absolute Gasteiger partial charge is 0.0740 e. The summed E-state index contributed by atoms with van der Waals surface area (Å²) in [4.78, 5) is 4.20. The van der Waals surface area contributed by atoms with E-state index in [-0.39, 0.29) is 0 Å². The minimum Gasteiger partial charge on any atom is -0.372 e. The van der Waals surface area contributed by atoms with Crippen LogP contribution < -0.4 is 0 Å². The van der Waals surface area contributed by atoms with Crippen LogP contribution in [-0.4, -0.2) is 4.98 Å². The summed E-state index contributed by atoms with van der Waals surface area (Å²) in [6, 6.07) is 0. The number of fused-ring (bicyclic) bond motifs is 1. The first-order valence-electron chi connectivity index (χ1n) is 4.32. The summed E-state index contributed by atoms with van der Waals surface area (Å²) in [5.41, 5.74) is 3.96. The Bertz CT molecular complexity index is 294. The number of nitrogens with zero attached hydrogens (tertiary/aromatic N) is 1. The molecule has 0 saturated heterocycles. The van der Waals surface area contributed by atoms with Crippen molar-refractivity contribution in [1.82, 2.24) is 4.98 Å². The Morgan fingerprint density at radius 1 is 1.33 bits per heavy atom. The van der Waals surface area contributed by atoms with Gasteiger partial charge in [-0.15, -0.1) is 0 Å². The average molecular weight is 163 g/mol. The van der Waals surface area contributed by atoms with E-state index < -0.39 is 0 Å². The molecule has 0 aromatic carbocycles. The fraction of sp³-hybridized carbons (Fsp3) is 0.500. The summed E-state index contributed by atoms with van der Waals surface area (Å²) in [6.45, 7) is 5.89. The highest BCUT2D eigenvalue weighted by Gasteiger charge is 2.16. The first-order valence-corrected chi connectivity index (χ1v) is 4.32. The van der Waals surface area contributed by atoms with Crippen LogP contribution >= 0.6 is 0 Å². The molecule has 1 aromatic heterocycles. The molecule has 0 N–H and O–H groups in total. The van der Waals surface area contributed by atoms with Crippen LogP contribution in [0.2, 0.25) is 0 Å². The number of ether oxygens (including phenoxy) is 1. The fourth-order valence-electron chi connectivity index (χ4n) is 1.61. The minimum absolute atomic E-state index is 0.550. The molecule has 2 heteroatoms. The molecule has 2 heterocycles. The molecule has 0 atom stereocenters. The van der Waals surface area contributed by atoms with Gasteiger partial charge < -0.3 is 4.74 Å². The van der Waals surface area contributed by atoms with Gasteiger partial charge in [0, 0.05) is 18.0 Å². The lowest BCUT2D eigenvalue weighted by Crippen LogP contribution is -1.96. The van der Waals surface area contributed by atoms with Gasteiger partial charge in [-0.05, 0) is 17.0 Å². The maximum Gasteiger partial charge on any atom is 0.0740 e. The van der Waals surface area contributed by atoms with Crippen LogP contribution in [0.4, 0.5) is 0 Å². The largest absolute Gasteiger partial charge is 0.372 e. The maximum absolute atomic E-state index is 5.37. The van der Waals surface area contributed by atoms with E-state index in [9.17, 15) is 0 Å². The predicted octanol–water partition coefficient (Wildman–Crippen LogP) is 2.24. The van der Waals surface area contributed by atoms with E-state index in [1.807, 2.05) is 12.4 Å². The van der Waals surface area contributed by atoms with E-state index in [1.165, 1.54) is 16.7 Å². The van der Waals surface area contributed by atoms with Gasteiger partial charge in [-0.1, -0.05) is 13.8 Å². The summed E-state index contributed by atoms with van der Waals surface area (Å²) < 4.78 is 5.37. The van der Waals surface area contributed by atoms with Crippen molar-refractivity contribution in [2.24, 2.45) is 0 Å². The second kappa shape index (κ2) is 2.87. The molecule has 0 amide bonds. The molecule has 64 valence electrons. The van der Waals surface area contributed by atoms with Crippen molar-refractivity contribution in [2.75, 3.05) is 0 Å². The van der Waals surface area contributed by atoms with Crippen molar-refractivity contribution in [3.05, 3.63) is 29.1 Å². The third-order valence-electron chi connectivity index (χ3n) is 2.31. The Morgan fingerprint density at radius 3 is 2.92 bits per heavy atom. The number of hydrogen-bond acceptors (Lipinski definition) is 2. The van der Waals surface area contributed by atoms with Gasteiger partial charge >= 0.3 is 0 Å². The Hall–Kier alpha value is -0.890. The van der Waals surface area contributed by atoms with Crippen molar-refractivity contribution in [3.63, 3.8) is 0 Å². The maximum atomic E-state index is 5.37. The Labute approximate surface area is 72.6 Å². The number of rotatable bonds is 1. The van der Waals surface area contributed by atoms with Gasteiger partial charge in [0.25, 0.3) is 0 Å². The zero-order valence-electron chi connectivity index (χ0n) is 7.50. The number of aromatic nitrogens is 1. The van der Waals surface area contributed by atoms with E-state index in [0.717, 1.165) is 13.2 Å². The molecule has 0 unspecified atom stereocenters.